The average molecular weight is 341 g/mol. The van der Waals surface area contributed by atoms with Crippen molar-refractivity contribution in [3.63, 3.8) is 0 Å². The zero-order chi connectivity index (χ0) is 17.3. The van der Waals surface area contributed by atoms with Gasteiger partial charge in [-0.05, 0) is 17.7 Å². The van der Waals surface area contributed by atoms with Crippen LogP contribution in [0.15, 0.2) is 67.3 Å². The highest BCUT2D eigenvalue weighted by molar-refractivity contribution is 5.84. The molecule has 2 aromatic carbocycles. The summed E-state index contributed by atoms with van der Waals surface area (Å²) in [7, 11) is 0. The number of nitrogens with zero attached hydrogens (tertiary/aromatic N) is 5. The van der Waals surface area contributed by atoms with Crippen molar-refractivity contribution in [3.8, 4) is 5.82 Å². The number of nitrogens with one attached hydrogen (secondary N) is 2. The molecule has 0 amide bonds. The van der Waals surface area contributed by atoms with E-state index in [4.69, 9.17) is 4.98 Å². The van der Waals surface area contributed by atoms with Crippen LogP contribution in [0.1, 0.15) is 5.56 Å². The molecule has 0 spiro atoms. The van der Waals surface area contributed by atoms with Gasteiger partial charge in [0.25, 0.3) is 0 Å². The molecule has 7 nitrogen and oxygen atoms in total. The van der Waals surface area contributed by atoms with E-state index in [1.807, 2.05) is 47.0 Å². The van der Waals surface area contributed by atoms with Gasteiger partial charge in [0.2, 0.25) is 5.95 Å². The Hall–Kier alpha value is -3.74. The van der Waals surface area contributed by atoms with Crippen molar-refractivity contribution in [3.05, 3.63) is 72.8 Å². The van der Waals surface area contributed by atoms with E-state index >= 15 is 0 Å². The first kappa shape index (κ1) is 14.6. The van der Waals surface area contributed by atoms with Crippen molar-refractivity contribution in [1.29, 1.82) is 0 Å². The summed E-state index contributed by atoms with van der Waals surface area (Å²) in [5.74, 6) is 1.25. The molecule has 3 heterocycles. The van der Waals surface area contributed by atoms with Crippen LogP contribution in [0.3, 0.4) is 0 Å². The van der Waals surface area contributed by atoms with Crippen molar-refractivity contribution >= 4 is 28.1 Å². The van der Waals surface area contributed by atoms with E-state index in [2.05, 4.69) is 37.4 Å². The van der Waals surface area contributed by atoms with E-state index in [1.165, 1.54) is 0 Å². The largest absolute Gasteiger partial charge is 0.350 e. The van der Waals surface area contributed by atoms with Gasteiger partial charge in [-0.25, -0.2) is 9.97 Å². The number of hydrogen-bond acceptors (Lipinski definition) is 5. The molecule has 2 N–H and O–H groups in total. The topological polar surface area (TPSA) is 84.3 Å². The maximum absolute atomic E-state index is 4.71. The summed E-state index contributed by atoms with van der Waals surface area (Å²) in [5.41, 5.74) is 4.45. The minimum absolute atomic E-state index is 0.529. The summed E-state index contributed by atoms with van der Waals surface area (Å²) in [4.78, 5) is 21.1. The Bertz CT molecular complexity index is 1190. The van der Waals surface area contributed by atoms with E-state index in [1.54, 1.807) is 12.7 Å². The van der Waals surface area contributed by atoms with Crippen molar-refractivity contribution in [2.75, 3.05) is 5.32 Å². The molecule has 5 aromatic rings. The second-order valence-electron chi connectivity index (χ2n) is 5.91. The van der Waals surface area contributed by atoms with Gasteiger partial charge in [-0.15, -0.1) is 0 Å². The minimum Gasteiger partial charge on any atom is -0.350 e. The number of fused-ring (bicyclic) bond motifs is 2. The molecule has 0 fully saturated rings. The van der Waals surface area contributed by atoms with Gasteiger partial charge < -0.3 is 10.3 Å². The highest BCUT2D eigenvalue weighted by atomic mass is 15.2. The fraction of sp³-hybridized carbons (Fsp3) is 0.0526. The number of benzene rings is 2. The molecule has 0 saturated carbocycles. The molecule has 0 bridgehead atoms. The second-order valence-corrected chi connectivity index (χ2v) is 5.91. The average Bonchev–Trinajstić information content (AvgIpc) is 3.33. The summed E-state index contributed by atoms with van der Waals surface area (Å²) >= 11 is 0. The first-order valence-electron chi connectivity index (χ1n) is 8.30. The van der Waals surface area contributed by atoms with Crippen LogP contribution in [-0.2, 0) is 6.54 Å². The molecule has 0 aliphatic heterocycles. The van der Waals surface area contributed by atoms with Gasteiger partial charge in [-0.1, -0.05) is 42.5 Å². The molecule has 0 aliphatic rings. The molecular weight excluding hydrogens is 326 g/mol. The predicted molar refractivity (Wildman–Crippen MR) is 100 cm³/mol. The molecular formula is C19H15N7. The van der Waals surface area contributed by atoms with Crippen molar-refractivity contribution < 1.29 is 0 Å². The molecule has 5 rings (SSSR count). The number of anilines is 1. The van der Waals surface area contributed by atoms with Crippen LogP contribution in [-0.4, -0.2) is 29.5 Å². The molecule has 0 atom stereocenters. The zero-order valence-corrected chi connectivity index (χ0v) is 13.8. The SMILES string of the molecule is c1ccc(CNc2nc(-n3cnc4ccccc43)c3[nH]cnc3n2)cc1. The molecule has 126 valence electrons. The number of imidazole rings is 2. The minimum atomic E-state index is 0.529. The Morgan fingerprint density at radius 1 is 0.923 bits per heavy atom. The summed E-state index contributed by atoms with van der Waals surface area (Å²) in [6.45, 7) is 0.640. The van der Waals surface area contributed by atoms with E-state index in [0.29, 0.717) is 18.1 Å². The first-order valence-corrected chi connectivity index (χ1v) is 8.30. The van der Waals surface area contributed by atoms with Crippen LogP contribution < -0.4 is 5.32 Å². The quantitative estimate of drug-likeness (QED) is 0.524. The molecule has 0 aliphatic carbocycles. The second kappa shape index (κ2) is 5.96. The van der Waals surface area contributed by atoms with Crippen LogP contribution in [0.25, 0.3) is 28.0 Å². The molecule has 3 aromatic heterocycles. The third-order valence-corrected chi connectivity index (χ3v) is 4.24. The van der Waals surface area contributed by atoms with Gasteiger partial charge in [-0.2, -0.15) is 9.97 Å². The number of aromatic nitrogens is 6. The van der Waals surface area contributed by atoms with Crippen molar-refractivity contribution in [2.24, 2.45) is 0 Å². The van der Waals surface area contributed by atoms with E-state index in [0.717, 1.165) is 27.9 Å². The molecule has 0 unspecified atom stereocenters. The highest BCUT2D eigenvalue weighted by Crippen LogP contribution is 2.22. The Labute approximate surface area is 148 Å². The van der Waals surface area contributed by atoms with Crippen LogP contribution in [0, 0.1) is 0 Å². The van der Waals surface area contributed by atoms with Crippen molar-refractivity contribution in [1.82, 2.24) is 29.5 Å². The molecule has 26 heavy (non-hydrogen) atoms. The van der Waals surface area contributed by atoms with Gasteiger partial charge in [0.1, 0.15) is 11.8 Å². The van der Waals surface area contributed by atoms with E-state index in [9.17, 15) is 0 Å². The molecule has 0 saturated heterocycles. The lowest BCUT2D eigenvalue weighted by molar-refractivity contribution is 0.993. The van der Waals surface area contributed by atoms with Crippen LogP contribution in [0.5, 0.6) is 0 Å². The predicted octanol–water partition coefficient (Wildman–Crippen LogP) is 3.30. The fourth-order valence-corrected chi connectivity index (χ4v) is 2.98. The molecule has 0 radical (unpaired) electrons. The molecule has 7 heteroatoms. The zero-order valence-electron chi connectivity index (χ0n) is 13.8. The number of aromatic amines is 1. The van der Waals surface area contributed by atoms with Crippen LogP contribution in [0.2, 0.25) is 0 Å². The van der Waals surface area contributed by atoms with Gasteiger partial charge in [0.05, 0.1) is 17.4 Å². The summed E-state index contributed by atoms with van der Waals surface area (Å²) in [6, 6.07) is 18.1. The Kier molecular flexibility index (Phi) is 3.35. The Balaban J connectivity index is 1.59. The summed E-state index contributed by atoms with van der Waals surface area (Å²) < 4.78 is 1.95. The highest BCUT2D eigenvalue weighted by Gasteiger charge is 2.14. The monoisotopic (exact) mass is 341 g/mol. The van der Waals surface area contributed by atoms with Crippen LogP contribution in [0.4, 0.5) is 5.95 Å². The number of H-pyrrole nitrogens is 1. The maximum atomic E-state index is 4.71. The number of hydrogen-bond donors (Lipinski definition) is 2. The lowest BCUT2D eigenvalue weighted by atomic mass is 10.2. The standard InChI is InChI=1S/C19H15N7/c1-2-6-13(7-3-1)10-20-19-24-17-16(21-11-22-17)18(25-19)26-12-23-14-8-4-5-9-15(14)26/h1-9,11-12H,10H2,(H2,20,21,22,24,25). The van der Waals surface area contributed by atoms with Crippen molar-refractivity contribution in [2.45, 2.75) is 6.54 Å². The van der Waals surface area contributed by atoms with Crippen LogP contribution >= 0.6 is 0 Å². The number of para-hydroxylation sites is 2. The summed E-state index contributed by atoms with van der Waals surface area (Å²) in [6.07, 6.45) is 3.40. The van der Waals surface area contributed by atoms with Gasteiger partial charge >= 0.3 is 0 Å². The lowest BCUT2D eigenvalue weighted by Crippen LogP contribution is -2.07. The fourth-order valence-electron chi connectivity index (χ4n) is 2.98. The normalized spacial score (nSPS) is 11.2. The first-order chi connectivity index (χ1) is 12.9. The lowest BCUT2D eigenvalue weighted by Gasteiger charge is -2.09. The van der Waals surface area contributed by atoms with E-state index in [-0.39, 0.29) is 0 Å². The van der Waals surface area contributed by atoms with Gasteiger partial charge in [0, 0.05) is 6.54 Å². The number of rotatable bonds is 4. The third-order valence-electron chi connectivity index (χ3n) is 4.24. The third kappa shape index (κ3) is 2.46. The van der Waals surface area contributed by atoms with Gasteiger partial charge in [0.15, 0.2) is 11.5 Å². The van der Waals surface area contributed by atoms with Gasteiger partial charge in [-0.3, -0.25) is 4.57 Å². The summed E-state index contributed by atoms with van der Waals surface area (Å²) in [5, 5.41) is 3.28. The van der Waals surface area contributed by atoms with E-state index < -0.39 is 0 Å². The Morgan fingerprint density at radius 2 is 1.77 bits per heavy atom. The smallest absolute Gasteiger partial charge is 0.227 e. The Morgan fingerprint density at radius 3 is 2.69 bits per heavy atom. The maximum Gasteiger partial charge on any atom is 0.227 e.